The van der Waals surface area contributed by atoms with Crippen LogP contribution >= 0.6 is 23.1 Å². The van der Waals surface area contributed by atoms with E-state index in [4.69, 9.17) is 11.1 Å². The van der Waals surface area contributed by atoms with Crippen molar-refractivity contribution in [3.63, 3.8) is 0 Å². The van der Waals surface area contributed by atoms with Crippen molar-refractivity contribution >= 4 is 28.3 Å². The number of aryl methyl sites for hydroxylation is 1. The Balaban J connectivity index is 2.45. The topological polar surface area (TPSA) is 49.9 Å². The van der Waals surface area contributed by atoms with Gasteiger partial charge in [0.1, 0.15) is 0 Å². The fraction of sp³-hybridized carbons (Fsp3) is 0.286. The molecule has 0 bridgehead atoms. The molecule has 4 heteroatoms. The standard InChI is InChI=1S/C7H10N2S2/c1-5-2-6(3-10-5)4-11-7(8)9/h2-3H,4H2,1H3,(H3,8,9). The highest BCUT2D eigenvalue weighted by Gasteiger charge is 1.96. The molecule has 0 spiro atoms. The second-order valence-electron chi connectivity index (χ2n) is 2.22. The fourth-order valence-electron chi connectivity index (χ4n) is 0.735. The van der Waals surface area contributed by atoms with E-state index in [1.807, 2.05) is 0 Å². The summed E-state index contributed by atoms with van der Waals surface area (Å²) in [5.74, 6) is 0.819. The molecule has 0 atom stereocenters. The predicted octanol–water partition coefficient (Wildman–Crippen LogP) is 2.18. The third kappa shape index (κ3) is 2.95. The Kier molecular flexibility index (Phi) is 2.96. The average molecular weight is 186 g/mol. The molecule has 0 aliphatic rings. The summed E-state index contributed by atoms with van der Waals surface area (Å²) in [6, 6.07) is 2.13. The lowest BCUT2D eigenvalue weighted by Gasteiger charge is -1.93. The second-order valence-corrected chi connectivity index (χ2v) is 4.35. The SMILES string of the molecule is Cc1cc(CSC(=N)N)cs1. The Morgan fingerprint density at radius 3 is 3.00 bits per heavy atom. The number of nitrogens with two attached hydrogens (primary N) is 1. The molecule has 60 valence electrons. The first kappa shape index (κ1) is 8.62. The van der Waals surface area contributed by atoms with E-state index in [1.54, 1.807) is 11.3 Å². The lowest BCUT2D eigenvalue weighted by molar-refractivity contribution is 1.45. The van der Waals surface area contributed by atoms with Gasteiger partial charge < -0.3 is 5.73 Å². The van der Waals surface area contributed by atoms with Gasteiger partial charge in [-0.25, -0.2) is 0 Å². The van der Waals surface area contributed by atoms with E-state index in [0.717, 1.165) is 5.75 Å². The molecule has 1 rings (SSSR count). The van der Waals surface area contributed by atoms with Gasteiger partial charge in [-0.3, -0.25) is 5.41 Å². The maximum atomic E-state index is 6.99. The first-order chi connectivity index (χ1) is 5.18. The third-order valence-electron chi connectivity index (χ3n) is 1.18. The van der Waals surface area contributed by atoms with Gasteiger partial charge in [0.15, 0.2) is 5.17 Å². The van der Waals surface area contributed by atoms with E-state index in [9.17, 15) is 0 Å². The average Bonchev–Trinajstić information content (AvgIpc) is 2.31. The van der Waals surface area contributed by atoms with Crippen molar-refractivity contribution in [2.75, 3.05) is 0 Å². The number of nitrogens with one attached hydrogen (secondary N) is 1. The van der Waals surface area contributed by atoms with Gasteiger partial charge >= 0.3 is 0 Å². The van der Waals surface area contributed by atoms with E-state index in [1.165, 1.54) is 22.2 Å². The Morgan fingerprint density at radius 2 is 2.55 bits per heavy atom. The fourth-order valence-corrected chi connectivity index (χ4v) is 2.04. The highest BCUT2D eigenvalue weighted by Crippen LogP contribution is 2.18. The summed E-state index contributed by atoms with van der Waals surface area (Å²) in [6.45, 7) is 2.08. The lowest BCUT2D eigenvalue weighted by atomic mass is 10.3. The van der Waals surface area contributed by atoms with Crippen molar-refractivity contribution in [2.45, 2.75) is 12.7 Å². The number of thioether (sulfide) groups is 1. The van der Waals surface area contributed by atoms with Crippen LogP contribution in [-0.4, -0.2) is 5.17 Å². The molecule has 0 amide bonds. The van der Waals surface area contributed by atoms with Gasteiger partial charge in [-0.05, 0) is 23.9 Å². The van der Waals surface area contributed by atoms with Crippen LogP contribution in [0.2, 0.25) is 0 Å². The number of hydrogen-bond donors (Lipinski definition) is 2. The van der Waals surface area contributed by atoms with Crippen LogP contribution < -0.4 is 5.73 Å². The quantitative estimate of drug-likeness (QED) is 0.549. The van der Waals surface area contributed by atoms with Crippen LogP contribution in [0.5, 0.6) is 0 Å². The van der Waals surface area contributed by atoms with Crippen LogP contribution in [0.15, 0.2) is 11.4 Å². The molecule has 0 fully saturated rings. The maximum absolute atomic E-state index is 6.99. The van der Waals surface area contributed by atoms with Gasteiger partial charge in [0.25, 0.3) is 0 Å². The van der Waals surface area contributed by atoms with Crippen molar-refractivity contribution in [3.05, 3.63) is 21.9 Å². The second kappa shape index (κ2) is 3.78. The lowest BCUT2D eigenvalue weighted by Crippen LogP contribution is -2.03. The minimum atomic E-state index is 0.189. The summed E-state index contributed by atoms with van der Waals surface area (Å²) in [5.41, 5.74) is 6.45. The zero-order chi connectivity index (χ0) is 8.27. The molecule has 0 saturated heterocycles. The normalized spacial score (nSPS) is 9.91. The molecule has 0 saturated carbocycles. The molecular weight excluding hydrogens is 176 g/mol. The highest BCUT2D eigenvalue weighted by molar-refractivity contribution is 8.13. The molecule has 0 radical (unpaired) electrons. The van der Waals surface area contributed by atoms with Crippen LogP contribution in [0.1, 0.15) is 10.4 Å². The van der Waals surface area contributed by atoms with Crippen LogP contribution in [0, 0.1) is 12.3 Å². The van der Waals surface area contributed by atoms with E-state index < -0.39 is 0 Å². The molecule has 3 N–H and O–H groups in total. The number of hydrogen-bond acceptors (Lipinski definition) is 3. The van der Waals surface area contributed by atoms with Gasteiger partial charge in [0.2, 0.25) is 0 Å². The summed E-state index contributed by atoms with van der Waals surface area (Å²) in [4.78, 5) is 1.31. The number of rotatable bonds is 2. The Bertz CT molecular complexity index is 255. The van der Waals surface area contributed by atoms with Crippen LogP contribution in [0.3, 0.4) is 0 Å². The summed E-state index contributed by atoms with van der Waals surface area (Å²) < 4.78 is 0. The number of thiophene rings is 1. The van der Waals surface area contributed by atoms with Crippen LogP contribution in [0.25, 0.3) is 0 Å². The first-order valence-corrected chi connectivity index (χ1v) is 5.06. The predicted molar refractivity (Wildman–Crippen MR) is 52.3 cm³/mol. The molecule has 0 aliphatic heterocycles. The molecule has 11 heavy (non-hydrogen) atoms. The smallest absolute Gasteiger partial charge is 0.151 e. The van der Waals surface area contributed by atoms with Crippen molar-refractivity contribution in [1.82, 2.24) is 0 Å². The van der Waals surface area contributed by atoms with Gasteiger partial charge in [0, 0.05) is 10.6 Å². The largest absolute Gasteiger partial charge is 0.379 e. The maximum Gasteiger partial charge on any atom is 0.151 e. The molecule has 1 aromatic heterocycles. The van der Waals surface area contributed by atoms with Crippen molar-refractivity contribution in [2.24, 2.45) is 5.73 Å². The van der Waals surface area contributed by atoms with E-state index in [2.05, 4.69) is 18.4 Å². The van der Waals surface area contributed by atoms with Crippen LogP contribution in [-0.2, 0) is 5.75 Å². The Labute approximate surface area is 74.3 Å². The van der Waals surface area contributed by atoms with Crippen molar-refractivity contribution in [1.29, 1.82) is 5.41 Å². The summed E-state index contributed by atoms with van der Waals surface area (Å²) in [6.07, 6.45) is 0. The molecular formula is C7H10N2S2. The third-order valence-corrected chi connectivity index (χ3v) is 2.88. The summed E-state index contributed by atoms with van der Waals surface area (Å²) in [7, 11) is 0. The first-order valence-electron chi connectivity index (χ1n) is 3.19. The molecule has 1 heterocycles. The Hall–Kier alpha value is -0.480. The van der Waals surface area contributed by atoms with E-state index in [-0.39, 0.29) is 5.17 Å². The highest BCUT2D eigenvalue weighted by atomic mass is 32.2. The number of amidine groups is 1. The zero-order valence-corrected chi connectivity index (χ0v) is 7.89. The minimum absolute atomic E-state index is 0.189. The Morgan fingerprint density at radius 1 is 1.82 bits per heavy atom. The molecule has 2 nitrogen and oxygen atoms in total. The minimum Gasteiger partial charge on any atom is -0.379 e. The summed E-state index contributed by atoms with van der Waals surface area (Å²) in [5, 5.41) is 9.29. The molecule has 0 aromatic carbocycles. The van der Waals surface area contributed by atoms with Crippen LogP contribution in [0.4, 0.5) is 0 Å². The van der Waals surface area contributed by atoms with Crippen molar-refractivity contribution < 1.29 is 0 Å². The van der Waals surface area contributed by atoms with Gasteiger partial charge in [0.05, 0.1) is 0 Å². The monoisotopic (exact) mass is 186 g/mol. The molecule has 1 aromatic rings. The molecule has 0 unspecified atom stereocenters. The van der Waals surface area contributed by atoms with Gasteiger partial charge in [-0.2, -0.15) is 0 Å². The van der Waals surface area contributed by atoms with E-state index >= 15 is 0 Å². The molecule has 0 aliphatic carbocycles. The summed E-state index contributed by atoms with van der Waals surface area (Å²) >= 11 is 3.10. The van der Waals surface area contributed by atoms with Gasteiger partial charge in [-0.1, -0.05) is 11.8 Å². The van der Waals surface area contributed by atoms with Gasteiger partial charge in [-0.15, -0.1) is 11.3 Å². The zero-order valence-electron chi connectivity index (χ0n) is 6.26. The van der Waals surface area contributed by atoms with E-state index in [0.29, 0.717) is 0 Å². The van der Waals surface area contributed by atoms with Crippen molar-refractivity contribution in [3.8, 4) is 0 Å².